The van der Waals surface area contributed by atoms with Crippen molar-refractivity contribution in [3.8, 4) is 0 Å². The third kappa shape index (κ3) is 6.28. The van der Waals surface area contributed by atoms with Crippen molar-refractivity contribution in [2.45, 2.75) is 71.1 Å². The summed E-state index contributed by atoms with van der Waals surface area (Å²) in [4.78, 5) is 26.7. The first kappa shape index (κ1) is 25.7. The Kier molecular flexibility index (Phi) is 7.83. The Morgan fingerprint density at radius 2 is 1.84 bits per heavy atom. The molecule has 9 heteroatoms. The third-order valence-corrected chi connectivity index (χ3v) is 6.97. The highest BCUT2D eigenvalue weighted by atomic mass is 16.3. The molecule has 0 radical (unpaired) electrons. The second-order valence-corrected chi connectivity index (χ2v) is 9.99. The van der Waals surface area contributed by atoms with Gasteiger partial charge in [0.15, 0.2) is 17.0 Å². The predicted molar refractivity (Wildman–Crippen MR) is 151 cm³/mol. The lowest BCUT2D eigenvalue weighted by atomic mass is 9.93. The number of imidazole rings is 1. The predicted octanol–water partition coefficient (Wildman–Crippen LogP) is 5.18. The van der Waals surface area contributed by atoms with Gasteiger partial charge in [-0.3, -0.25) is 4.79 Å². The number of aliphatic hydroxyl groups is 1. The van der Waals surface area contributed by atoms with Crippen LogP contribution in [0, 0.1) is 6.92 Å². The van der Waals surface area contributed by atoms with Crippen molar-refractivity contribution in [2.75, 3.05) is 16.0 Å². The van der Waals surface area contributed by atoms with Crippen LogP contribution in [-0.4, -0.2) is 42.7 Å². The number of nitrogens with one attached hydrogen (secondary N) is 3. The number of benzene rings is 2. The number of carbonyl (C=O) groups excluding carboxylic acids is 1. The Labute approximate surface area is 222 Å². The number of amides is 1. The molecule has 1 saturated carbocycles. The van der Waals surface area contributed by atoms with Crippen molar-refractivity contribution in [3.05, 3.63) is 66.0 Å². The standard InChI is InChI=1S/C29H35N7O2/c1-3-36-18-30-26-27(34-29(35-28(26)36)33-21-11-13-24(37)14-12-21)32-23-9-5-8-22(17-23)31-25(38)15-10-20-7-4-6-19(2)16-20/h4-9,16-18,21,24,37H,3,10-15H2,1-2H3,(H,31,38)(H2,32,33,34,35). The number of fused-ring (bicyclic) bond motifs is 1. The number of hydrogen-bond donors (Lipinski definition) is 4. The van der Waals surface area contributed by atoms with Crippen LogP contribution < -0.4 is 16.0 Å². The molecule has 2 aromatic heterocycles. The fraction of sp³-hybridized carbons (Fsp3) is 0.379. The van der Waals surface area contributed by atoms with E-state index in [9.17, 15) is 9.90 Å². The zero-order chi connectivity index (χ0) is 26.5. The largest absolute Gasteiger partial charge is 0.393 e. The molecule has 198 valence electrons. The van der Waals surface area contributed by atoms with Crippen LogP contribution in [0.25, 0.3) is 11.2 Å². The molecule has 38 heavy (non-hydrogen) atoms. The lowest BCUT2D eigenvalue weighted by Gasteiger charge is -2.26. The molecule has 4 aromatic rings. The van der Waals surface area contributed by atoms with Crippen LogP contribution in [0.4, 0.5) is 23.1 Å². The number of nitrogens with zero attached hydrogens (tertiary/aromatic N) is 4. The van der Waals surface area contributed by atoms with Crippen molar-refractivity contribution in [1.82, 2.24) is 19.5 Å². The van der Waals surface area contributed by atoms with Gasteiger partial charge in [-0.15, -0.1) is 0 Å². The van der Waals surface area contributed by atoms with Crippen molar-refractivity contribution >= 4 is 40.2 Å². The molecular formula is C29H35N7O2. The Morgan fingerprint density at radius 1 is 1.05 bits per heavy atom. The zero-order valence-electron chi connectivity index (χ0n) is 21.9. The van der Waals surface area contributed by atoms with Gasteiger partial charge in [-0.25, -0.2) is 4.98 Å². The smallest absolute Gasteiger partial charge is 0.227 e. The molecule has 2 aromatic carbocycles. The van der Waals surface area contributed by atoms with Gasteiger partial charge in [-0.1, -0.05) is 35.9 Å². The minimum atomic E-state index is -0.217. The quantitative estimate of drug-likeness (QED) is 0.243. The summed E-state index contributed by atoms with van der Waals surface area (Å²) in [6.45, 7) is 4.85. The fourth-order valence-electron chi connectivity index (χ4n) is 4.89. The summed E-state index contributed by atoms with van der Waals surface area (Å²) in [6.07, 6.45) is 5.98. The van der Waals surface area contributed by atoms with Gasteiger partial charge in [0.2, 0.25) is 11.9 Å². The lowest BCUT2D eigenvalue weighted by Crippen LogP contribution is -2.29. The number of aromatic nitrogens is 4. The van der Waals surface area contributed by atoms with Crippen LogP contribution in [0.1, 0.15) is 50.2 Å². The maximum Gasteiger partial charge on any atom is 0.227 e. The van der Waals surface area contributed by atoms with E-state index in [0.29, 0.717) is 35.8 Å². The summed E-state index contributed by atoms with van der Waals surface area (Å²) in [5.41, 5.74) is 5.30. The van der Waals surface area contributed by atoms with Gasteiger partial charge in [0.25, 0.3) is 0 Å². The first-order valence-electron chi connectivity index (χ1n) is 13.4. The number of anilines is 4. The summed E-state index contributed by atoms with van der Waals surface area (Å²) in [5, 5.41) is 19.7. The molecule has 4 N–H and O–H groups in total. The van der Waals surface area contributed by atoms with E-state index in [2.05, 4.69) is 46.9 Å². The van der Waals surface area contributed by atoms with Crippen molar-refractivity contribution in [2.24, 2.45) is 0 Å². The Balaban J connectivity index is 1.30. The van der Waals surface area contributed by atoms with E-state index in [-0.39, 0.29) is 18.1 Å². The van der Waals surface area contributed by atoms with Gasteiger partial charge in [-0.2, -0.15) is 9.97 Å². The SMILES string of the molecule is CCn1cnc2c(Nc3cccc(NC(=O)CCc4cccc(C)c4)c3)nc(NC3CCC(O)CC3)nc21. The molecule has 1 aliphatic rings. The molecule has 1 fully saturated rings. The van der Waals surface area contributed by atoms with E-state index in [4.69, 9.17) is 9.97 Å². The van der Waals surface area contributed by atoms with E-state index in [0.717, 1.165) is 49.1 Å². The average Bonchev–Trinajstić information content (AvgIpc) is 3.32. The molecule has 0 aliphatic heterocycles. The summed E-state index contributed by atoms with van der Waals surface area (Å²) in [6, 6.07) is 16.1. The second-order valence-electron chi connectivity index (χ2n) is 9.99. The third-order valence-electron chi connectivity index (χ3n) is 6.97. The molecule has 0 unspecified atom stereocenters. The Hall–Kier alpha value is -3.98. The van der Waals surface area contributed by atoms with Crippen LogP contribution >= 0.6 is 0 Å². The number of aryl methyl sites for hydroxylation is 3. The summed E-state index contributed by atoms with van der Waals surface area (Å²) in [5.74, 6) is 1.11. The molecule has 1 amide bonds. The summed E-state index contributed by atoms with van der Waals surface area (Å²) in [7, 11) is 0. The Morgan fingerprint density at radius 3 is 2.63 bits per heavy atom. The zero-order valence-corrected chi connectivity index (χ0v) is 21.9. The molecule has 2 heterocycles. The molecular weight excluding hydrogens is 478 g/mol. The minimum Gasteiger partial charge on any atom is -0.393 e. The maximum atomic E-state index is 12.6. The highest BCUT2D eigenvalue weighted by Crippen LogP contribution is 2.27. The van der Waals surface area contributed by atoms with Crippen LogP contribution in [-0.2, 0) is 17.8 Å². The molecule has 0 spiro atoms. The lowest BCUT2D eigenvalue weighted by molar-refractivity contribution is -0.116. The van der Waals surface area contributed by atoms with Gasteiger partial charge in [-0.05, 0) is 69.7 Å². The van der Waals surface area contributed by atoms with Gasteiger partial charge in [0.1, 0.15) is 0 Å². The van der Waals surface area contributed by atoms with Gasteiger partial charge < -0.3 is 25.6 Å². The van der Waals surface area contributed by atoms with Crippen LogP contribution in [0.15, 0.2) is 54.9 Å². The van der Waals surface area contributed by atoms with E-state index in [1.165, 1.54) is 5.56 Å². The first-order chi connectivity index (χ1) is 18.5. The molecule has 1 aliphatic carbocycles. The van der Waals surface area contributed by atoms with E-state index in [1.807, 2.05) is 41.0 Å². The highest BCUT2D eigenvalue weighted by Gasteiger charge is 2.21. The van der Waals surface area contributed by atoms with E-state index in [1.54, 1.807) is 6.33 Å². The maximum absolute atomic E-state index is 12.6. The monoisotopic (exact) mass is 513 g/mol. The van der Waals surface area contributed by atoms with Crippen molar-refractivity contribution in [1.29, 1.82) is 0 Å². The topological polar surface area (TPSA) is 117 Å². The normalized spacial score (nSPS) is 17.3. The molecule has 9 nitrogen and oxygen atoms in total. The fourth-order valence-corrected chi connectivity index (χ4v) is 4.89. The second kappa shape index (κ2) is 11.6. The molecule has 5 rings (SSSR count). The average molecular weight is 514 g/mol. The van der Waals surface area contributed by atoms with Crippen molar-refractivity contribution in [3.63, 3.8) is 0 Å². The van der Waals surface area contributed by atoms with Crippen molar-refractivity contribution < 1.29 is 9.90 Å². The highest BCUT2D eigenvalue weighted by molar-refractivity contribution is 5.92. The molecule has 0 atom stereocenters. The van der Waals surface area contributed by atoms with Crippen LogP contribution in [0.5, 0.6) is 0 Å². The van der Waals surface area contributed by atoms with Crippen LogP contribution in [0.3, 0.4) is 0 Å². The molecule has 0 bridgehead atoms. The van der Waals surface area contributed by atoms with Gasteiger partial charge in [0.05, 0.1) is 12.4 Å². The number of rotatable bonds is 9. The van der Waals surface area contributed by atoms with E-state index >= 15 is 0 Å². The first-order valence-corrected chi connectivity index (χ1v) is 13.4. The molecule has 0 saturated heterocycles. The number of carbonyl (C=O) groups is 1. The summed E-state index contributed by atoms with van der Waals surface area (Å²) >= 11 is 0. The number of hydrogen-bond acceptors (Lipinski definition) is 7. The summed E-state index contributed by atoms with van der Waals surface area (Å²) < 4.78 is 1.99. The van der Waals surface area contributed by atoms with E-state index < -0.39 is 0 Å². The Bertz CT molecular complexity index is 1410. The minimum absolute atomic E-state index is 0.0288. The van der Waals surface area contributed by atoms with Crippen LogP contribution in [0.2, 0.25) is 0 Å². The van der Waals surface area contributed by atoms with Gasteiger partial charge >= 0.3 is 0 Å². The number of aliphatic hydroxyl groups excluding tert-OH is 1. The van der Waals surface area contributed by atoms with Gasteiger partial charge in [0, 0.05) is 30.4 Å².